The Bertz CT molecular complexity index is 189. The molecule has 0 aromatic carbocycles. The first-order valence-corrected chi connectivity index (χ1v) is 5.60. The van der Waals surface area contributed by atoms with E-state index in [-0.39, 0.29) is 0 Å². The summed E-state index contributed by atoms with van der Waals surface area (Å²) in [6.45, 7) is 3.85. The standard InChI is InChI=1S/C11H19N/c1-8-5-9-7-10-3-2-4-12(10)11(9)6-8/h8-11H,2-7H2,1H3. The summed E-state index contributed by atoms with van der Waals surface area (Å²) in [4.78, 5) is 2.83. The van der Waals surface area contributed by atoms with Gasteiger partial charge in [0.15, 0.2) is 0 Å². The molecule has 1 saturated carbocycles. The van der Waals surface area contributed by atoms with Gasteiger partial charge in [0, 0.05) is 12.1 Å². The maximum Gasteiger partial charge on any atom is 0.0130 e. The molecule has 4 atom stereocenters. The van der Waals surface area contributed by atoms with Crippen molar-refractivity contribution < 1.29 is 0 Å². The van der Waals surface area contributed by atoms with Gasteiger partial charge in [-0.3, -0.25) is 4.90 Å². The van der Waals surface area contributed by atoms with Crippen LogP contribution in [0.2, 0.25) is 0 Å². The Morgan fingerprint density at radius 1 is 1.17 bits per heavy atom. The van der Waals surface area contributed by atoms with Crippen molar-refractivity contribution in [3.63, 3.8) is 0 Å². The summed E-state index contributed by atoms with van der Waals surface area (Å²) >= 11 is 0. The van der Waals surface area contributed by atoms with E-state index in [1.165, 1.54) is 38.6 Å². The molecule has 4 unspecified atom stereocenters. The van der Waals surface area contributed by atoms with E-state index >= 15 is 0 Å². The van der Waals surface area contributed by atoms with Crippen LogP contribution >= 0.6 is 0 Å². The zero-order chi connectivity index (χ0) is 8.13. The Morgan fingerprint density at radius 3 is 3.00 bits per heavy atom. The van der Waals surface area contributed by atoms with E-state index < -0.39 is 0 Å². The third-order valence-electron chi connectivity index (χ3n) is 4.32. The molecule has 0 bridgehead atoms. The highest BCUT2D eigenvalue weighted by Crippen LogP contribution is 2.46. The zero-order valence-corrected chi connectivity index (χ0v) is 8.00. The van der Waals surface area contributed by atoms with Crippen LogP contribution in [0.1, 0.15) is 39.0 Å². The summed E-state index contributed by atoms with van der Waals surface area (Å²) in [5.41, 5.74) is 0. The molecule has 2 aliphatic heterocycles. The first-order chi connectivity index (χ1) is 5.84. The Balaban J connectivity index is 1.80. The molecule has 0 N–H and O–H groups in total. The van der Waals surface area contributed by atoms with Crippen molar-refractivity contribution in [3.8, 4) is 0 Å². The highest BCUT2D eigenvalue weighted by Gasteiger charge is 2.46. The molecule has 2 saturated heterocycles. The van der Waals surface area contributed by atoms with Crippen molar-refractivity contribution in [2.24, 2.45) is 11.8 Å². The Kier molecular flexibility index (Phi) is 1.52. The van der Waals surface area contributed by atoms with E-state index in [0.29, 0.717) is 0 Å². The van der Waals surface area contributed by atoms with E-state index in [4.69, 9.17) is 0 Å². The largest absolute Gasteiger partial charge is 0.297 e. The summed E-state index contributed by atoms with van der Waals surface area (Å²) < 4.78 is 0. The first kappa shape index (κ1) is 7.37. The van der Waals surface area contributed by atoms with Gasteiger partial charge in [-0.2, -0.15) is 0 Å². The maximum absolute atomic E-state index is 2.83. The monoisotopic (exact) mass is 165 g/mol. The van der Waals surface area contributed by atoms with Crippen molar-refractivity contribution >= 4 is 0 Å². The van der Waals surface area contributed by atoms with Gasteiger partial charge < -0.3 is 0 Å². The number of fused-ring (bicyclic) bond motifs is 3. The SMILES string of the molecule is CC1CC2CC3CCCN3C2C1. The van der Waals surface area contributed by atoms with E-state index in [2.05, 4.69) is 11.8 Å². The molecule has 3 rings (SSSR count). The summed E-state index contributed by atoms with van der Waals surface area (Å²) in [5, 5.41) is 0. The van der Waals surface area contributed by atoms with Crippen LogP contribution in [0.15, 0.2) is 0 Å². The predicted octanol–water partition coefficient (Wildman–Crippen LogP) is 2.27. The molecule has 68 valence electrons. The summed E-state index contributed by atoms with van der Waals surface area (Å²) in [7, 11) is 0. The Labute approximate surface area is 75.1 Å². The summed E-state index contributed by atoms with van der Waals surface area (Å²) in [6.07, 6.45) is 7.54. The van der Waals surface area contributed by atoms with Gasteiger partial charge in [-0.25, -0.2) is 0 Å². The Hall–Kier alpha value is -0.0400. The highest BCUT2D eigenvalue weighted by atomic mass is 15.2. The molecule has 0 amide bonds. The van der Waals surface area contributed by atoms with Crippen molar-refractivity contribution in [1.29, 1.82) is 0 Å². The second-order valence-corrected chi connectivity index (χ2v) is 5.17. The quantitative estimate of drug-likeness (QED) is 0.532. The third-order valence-corrected chi connectivity index (χ3v) is 4.32. The molecule has 0 aromatic rings. The minimum Gasteiger partial charge on any atom is -0.297 e. The fourth-order valence-corrected chi connectivity index (χ4v) is 3.93. The van der Waals surface area contributed by atoms with E-state index in [0.717, 1.165) is 23.9 Å². The van der Waals surface area contributed by atoms with Crippen LogP contribution in [-0.4, -0.2) is 23.5 Å². The molecule has 0 radical (unpaired) electrons. The van der Waals surface area contributed by atoms with Crippen LogP contribution in [0, 0.1) is 11.8 Å². The van der Waals surface area contributed by atoms with E-state index in [1.807, 2.05) is 0 Å². The lowest BCUT2D eigenvalue weighted by Crippen LogP contribution is -2.31. The van der Waals surface area contributed by atoms with Crippen molar-refractivity contribution in [2.45, 2.75) is 51.1 Å². The molecular weight excluding hydrogens is 146 g/mol. The zero-order valence-electron chi connectivity index (χ0n) is 8.00. The van der Waals surface area contributed by atoms with Crippen molar-refractivity contribution in [3.05, 3.63) is 0 Å². The van der Waals surface area contributed by atoms with Crippen LogP contribution in [0.25, 0.3) is 0 Å². The molecule has 0 aromatic heterocycles. The molecule has 1 aliphatic carbocycles. The topological polar surface area (TPSA) is 3.24 Å². The van der Waals surface area contributed by atoms with Gasteiger partial charge in [-0.1, -0.05) is 6.92 Å². The predicted molar refractivity (Wildman–Crippen MR) is 50.0 cm³/mol. The Morgan fingerprint density at radius 2 is 2.08 bits per heavy atom. The van der Waals surface area contributed by atoms with Crippen LogP contribution in [0.4, 0.5) is 0 Å². The minimum absolute atomic E-state index is 1.01. The normalized spacial score (nSPS) is 52.8. The van der Waals surface area contributed by atoms with Crippen molar-refractivity contribution in [1.82, 2.24) is 4.90 Å². The molecule has 1 nitrogen and oxygen atoms in total. The molecule has 3 aliphatic rings. The van der Waals surface area contributed by atoms with Gasteiger partial charge in [-0.15, -0.1) is 0 Å². The fraction of sp³-hybridized carbons (Fsp3) is 1.00. The molecule has 12 heavy (non-hydrogen) atoms. The summed E-state index contributed by atoms with van der Waals surface area (Å²) in [5.74, 6) is 2.10. The number of hydrogen-bond donors (Lipinski definition) is 0. The van der Waals surface area contributed by atoms with Gasteiger partial charge in [-0.05, 0) is 50.5 Å². The molecule has 3 fully saturated rings. The number of rotatable bonds is 0. The second-order valence-electron chi connectivity index (χ2n) is 5.17. The molecular formula is C11H19N. The van der Waals surface area contributed by atoms with Crippen LogP contribution in [0.3, 0.4) is 0 Å². The van der Waals surface area contributed by atoms with Crippen LogP contribution in [-0.2, 0) is 0 Å². The van der Waals surface area contributed by atoms with Gasteiger partial charge in [0.1, 0.15) is 0 Å². The van der Waals surface area contributed by atoms with Gasteiger partial charge in [0.25, 0.3) is 0 Å². The first-order valence-electron chi connectivity index (χ1n) is 5.60. The minimum atomic E-state index is 1.01. The lowest BCUT2D eigenvalue weighted by molar-refractivity contribution is 0.231. The average Bonchev–Trinajstić information content (AvgIpc) is 2.59. The lowest BCUT2D eigenvalue weighted by Gasteiger charge is -2.22. The third kappa shape index (κ3) is 0.891. The van der Waals surface area contributed by atoms with Crippen molar-refractivity contribution in [2.75, 3.05) is 6.54 Å². The lowest BCUT2D eigenvalue weighted by atomic mass is 9.99. The van der Waals surface area contributed by atoms with E-state index in [9.17, 15) is 0 Å². The van der Waals surface area contributed by atoms with Gasteiger partial charge >= 0.3 is 0 Å². The van der Waals surface area contributed by atoms with Crippen LogP contribution in [0.5, 0.6) is 0 Å². The van der Waals surface area contributed by atoms with E-state index in [1.54, 1.807) is 0 Å². The molecule has 1 heteroatoms. The molecule has 0 spiro atoms. The average molecular weight is 165 g/mol. The summed E-state index contributed by atoms with van der Waals surface area (Å²) in [6, 6.07) is 2.01. The number of nitrogens with zero attached hydrogens (tertiary/aromatic N) is 1. The van der Waals surface area contributed by atoms with Gasteiger partial charge in [0.05, 0.1) is 0 Å². The highest BCUT2D eigenvalue weighted by molar-refractivity contribution is 5.01. The number of hydrogen-bond acceptors (Lipinski definition) is 1. The second kappa shape index (κ2) is 2.47. The van der Waals surface area contributed by atoms with Gasteiger partial charge in [0.2, 0.25) is 0 Å². The van der Waals surface area contributed by atoms with Crippen LogP contribution < -0.4 is 0 Å². The molecule has 2 heterocycles. The smallest absolute Gasteiger partial charge is 0.0130 e. The maximum atomic E-state index is 2.83. The fourth-order valence-electron chi connectivity index (χ4n) is 3.93.